The molecule has 0 spiro atoms. The highest BCUT2D eigenvalue weighted by Crippen LogP contribution is 2.11. The van der Waals surface area contributed by atoms with Crippen molar-refractivity contribution in [2.24, 2.45) is 0 Å². The lowest BCUT2D eigenvalue weighted by molar-refractivity contribution is -0.139. The number of nitrogens with zero attached hydrogens (tertiary/aromatic N) is 1. The van der Waals surface area contributed by atoms with E-state index >= 15 is 0 Å². The molecule has 1 aliphatic heterocycles. The van der Waals surface area contributed by atoms with Gasteiger partial charge in [-0.15, -0.1) is 0 Å². The van der Waals surface area contributed by atoms with Gasteiger partial charge in [-0.3, -0.25) is 4.90 Å². The van der Waals surface area contributed by atoms with E-state index in [0.717, 1.165) is 19.5 Å². The highest BCUT2D eigenvalue weighted by atomic mass is 16.4. The van der Waals surface area contributed by atoms with E-state index in [0.29, 0.717) is 13.0 Å². The molecular weight excluding hydrogens is 258 g/mol. The van der Waals surface area contributed by atoms with Crippen LogP contribution in [0.5, 0.6) is 0 Å². The molecule has 0 bridgehead atoms. The second kappa shape index (κ2) is 8.79. The lowest BCUT2D eigenvalue weighted by atomic mass is 10.1. The zero-order valence-corrected chi connectivity index (χ0v) is 12.5. The first kappa shape index (κ1) is 16.8. The van der Waals surface area contributed by atoms with Gasteiger partial charge in [0.2, 0.25) is 0 Å². The third-order valence-corrected chi connectivity index (χ3v) is 3.75. The third-order valence-electron chi connectivity index (χ3n) is 3.75. The second-order valence-electron chi connectivity index (χ2n) is 5.48. The Hall–Kier alpha value is -1.30. The smallest absolute Gasteiger partial charge is 0.326 e. The van der Waals surface area contributed by atoms with Crippen LogP contribution in [-0.4, -0.2) is 53.7 Å². The summed E-state index contributed by atoms with van der Waals surface area (Å²) in [5.74, 6) is -0.980. The Balaban J connectivity index is 2.28. The van der Waals surface area contributed by atoms with Crippen molar-refractivity contribution in [3.63, 3.8) is 0 Å². The van der Waals surface area contributed by atoms with Crippen molar-refractivity contribution in [3.8, 4) is 0 Å². The van der Waals surface area contributed by atoms with E-state index in [1.807, 2.05) is 6.92 Å². The van der Waals surface area contributed by atoms with Crippen LogP contribution in [0.3, 0.4) is 0 Å². The van der Waals surface area contributed by atoms with Crippen LogP contribution in [0, 0.1) is 0 Å². The number of hydrogen-bond donors (Lipinski definition) is 3. The standard InChI is InChI=1S/C14H27N3O3/c1-3-7-12(13(18)19)16-14(20)15-10-11(2)17-8-5-4-6-9-17/h11-12H,3-10H2,1-2H3,(H,18,19)(H2,15,16,20)/t11?,12-/m1/s1. The van der Waals surface area contributed by atoms with Gasteiger partial charge in [0.25, 0.3) is 0 Å². The van der Waals surface area contributed by atoms with Crippen LogP contribution < -0.4 is 10.6 Å². The molecule has 1 rings (SSSR count). The molecule has 1 saturated heterocycles. The summed E-state index contributed by atoms with van der Waals surface area (Å²) in [7, 11) is 0. The number of nitrogens with one attached hydrogen (secondary N) is 2. The van der Waals surface area contributed by atoms with E-state index in [1.165, 1.54) is 19.3 Å². The molecule has 3 N–H and O–H groups in total. The topological polar surface area (TPSA) is 81.7 Å². The molecule has 0 aromatic heterocycles. The summed E-state index contributed by atoms with van der Waals surface area (Å²) in [6.07, 6.45) is 4.89. The zero-order chi connectivity index (χ0) is 15.0. The molecule has 6 nitrogen and oxygen atoms in total. The highest BCUT2D eigenvalue weighted by molar-refractivity contribution is 5.82. The van der Waals surface area contributed by atoms with Crippen molar-refractivity contribution in [1.29, 1.82) is 0 Å². The number of urea groups is 1. The SMILES string of the molecule is CCC[C@@H](NC(=O)NCC(C)N1CCCCC1)C(=O)O. The minimum absolute atomic E-state index is 0.288. The first-order valence-corrected chi connectivity index (χ1v) is 7.55. The average molecular weight is 285 g/mol. The summed E-state index contributed by atoms with van der Waals surface area (Å²) >= 11 is 0. The summed E-state index contributed by atoms with van der Waals surface area (Å²) < 4.78 is 0. The van der Waals surface area contributed by atoms with Crippen molar-refractivity contribution in [2.45, 2.75) is 58.0 Å². The van der Waals surface area contributed by atoms with Gasteiger partial charge in [-0.1, -0.05) is 19.8 Å². The predicted octanol–water partition coefficient (Wildman–Crippen LogP) is 1.41. The number of carboxylic acids is 1. The number of carboxylic acid groups (broad SMARTS) is 1. The quantitative estimate of drug-likeness (QED) is 0.660. The Labute approximate surface area is 120 Å². The number of hydrogen-bond acceptors (Lipinski definition) is 3. The van der Waals surface area contributed by atoms with Gasteiger partial charge in [-0.2, -0.15) is 0 Å². The molecule has 1 heterocycles. The Bertz CT molecular complexity index is 317. The molecule has 1 fully saturated rings. The normalized spacial score (nSPS) is 19.1. The van der Waals surface area contributed by atoms with Crippen LogP contribution in [0.25, 0.3) is 0 Å². The largest absolute Gasteiger partial charge is 0.480 e. The van der Waals surface area contributed by atoms with Crippen LogP contribution in [0.15, 0.2) is 0 Å². The van der Waals surface area contributed by atoms with Crippen LogP contribution >= 0.6 is 0 Å². The maximum atomic E-state index is 11.7. The lowest BCUT2D eigenvalue weighted by Crippen LogP contribution is -2.50. The molecule has 20 heavy (non-hydrogen) atoms. The molecule has 116 valence electrons. The number of rotatable bonds is 7. The van der Waals surface area contributed by atoms with Crippen molar-refractivity contribution in [2.75, 3.05) is 19.6 Å². The van der Waals surface area contributed by atoms with Gasteiger partial charge in [0.15, 0.2) is 0 Å². The number of aliphatic carboxylic acids is 1. The third kappa shape index (κ3) is 5.77. The number of likely N-dealkylation sites (tertiary alicyclic amines) is 1. The van der Waals surface area contributed by atoms with E-state index in [9.17, 15) is 9.59 Å². The van der Waals surface area contributed by atoms with E-state index < -0.39 is 18.0 Å². The Morgan fingerprint density at radius 2 is 1.90 bits per heavy atom. The van der Waals surface area contributed by atoms with Gasteiger partial charge < -0.3 is 15.7 Å². The van der Waals surface area contributed by atoms with Crippen LogP contribution in [0.1, 0.15) is 46.0 Å². The number of carbonyl (C=O) groups is 2. The molecule has 0 radical (unpaired) electrons. The van der Waals surface area contributed by atoms with Crippen molar-refractivity contribution >= 4 is 12.0 Å². The molecule has 0 aromatic rings. The highest BCUT2D eigenvalue weighted by Gasteiger charge is 2.20. The predicted molar refractivity (Wildman–Crippen MR) is 77.8 cm³/mol. The van der Waals surface area contributed by atoms with E-state index in [-0.39, 0.29) is 6.04 Å². The molecular formula is C14H27N3O3. The number of amides is 2. The molecule has 1 unspecified atom stereocenters. The molecule has 0 aromatic carbocycles. The Morgan fingerprint density at radius 1 is 1.25 bits per heavy atom. The monoisotopic (exact) mass is 285 g/mol. The average Bonchev–Trinajstić information content (AvgIpc) is 2.45. The molecule has 1 aliphatic rings. The Kier molecular flexibility index (Phi) is 7.36. The Morgan fingerprint density at radius 3 is 2.45 bits per heavy atom. The van der Waals surface area contributed by atoms with Crippen LogP contribution in [-0.2, 0) is 4.79 Å². The number of carbonyl (C=O) groups excluding carboxylic acids is 1. The van der Waals surface area contributed by atoms with Gasteiger partial charge in [-0.25, -0.2) is 9.59 Å². The molecule has 0 saturated carbocycles. The fourth-order valence-electron chi connectivity index (χ4n) is 2.48. The van der Waals surface area contributed by atoms with Crippen molar-refractivity contribution in [3.05, 3.63) is 0 Å². The van der Waals surface area contributed by atoms with Gasteiger partial charge >= 0.3 is 12.0 Å². The van der Waals surface area contributed by atoms with Gasteiger partial charge in [0.05, 0.1) is 0 Å². The first-order valence-electron chi connectivity index (χ1n) is 7.55. The summed E-state index contributed by atoms with van der Waals surface area (Å²) in [5.41, 5.74) is 0. The van der Waals surface area contributed by atoms with E-state index in [1.54, 1.807) is 0 Å². The van der Waals surface area contributed by atoms with Crippen LogP contribution in [0.4, 0.5) is 4.79 Å². The summed E-state index contributed by atoms with van der Waals surface area (Å²) in [4.78, 5) is 25.0. The summed E-state index contributed by atoms with van der Waals surface area (Å²) in [5, 5.41) is 14.3. The summed E-state index contributed by atoms with van der Waals surface area (Å²) in [6.45, 7) is 6.70. The summed E-state index contributed by atoms with van der Waals surface area (Å²) in [6, 6.07) is -0.907. The molecule has 2 atom stereocenters. The van der Waals surface area contributed by atoms with Gasteiger partial charge in [-0.05, 0) is 39.3 Å². The van der Waals surface area contributed by atoms with Crippen LogP contribution in [0.2, 0.25) is 0 Å². The minimum Gasteiger partial charge on any atom is -0.480 e. The minimum atomic E-state index is -0.980. The van der Waals surface area contributed by atoms with E-state index in [2.05, 4.69) is 22.5 Å². The van der Waals surface area contributed by atoms with Gasteiger partial charge in [0, 0.05) is 12.6 Å². The maximum absolute atomic E-state index is 11.7. The number of piperidine rings is 1. The van der Waals surface area contributed by atoms with Gasteiger partial charge in [0.1, 0.15) is 6.04 Å². The van der Waals surface area contributed by atoms with Crippen molar-refractivity contribution < 1.29 is 14.7 Å². The second-order valence-corrected chi connectivity index (χ2v) is 5.48. The molecule has 2 amide bonds. The molecule has 6 heteroatoms. The maximum Gasteiger partial charge on any atom is 0.326 e. The van der Waals surface area contributed by atoms with E-state index in [4.69, 9.17) is 5.11 Å². The lowest BCUT2D eigenvalue weighted by Gasteiger charge is -2.32. The fourth-order valence-corrected chi connectivity index (χ4v) is 2.48. The van der Waals surface area contributed by atoms with Crippen molar-refractivity contribution in [1.82, 2.24) is 15.5 Å². The zero-order valence-electron chi connectivity index (χ0n) is 12.5. The first-order chi connectivity index (χ1) is 9.54. The fraction of sp³-hybridized carbons (Fsp3) is 0.857. The molecule has 0 aliphatic carbocycles.